The number of rotatable bonds is 3. The Bertz CT molecular complexity index is 572. The van der Waals surface area contributed by atoms with E-state index >= 15 is 0 Å². The number of aryl methyl sites for hydroxylation is 1. The van der Waals surface area contributed by atoms with Crippen LogP contribution in [0.5, 0.6) is 0 Å². The van der Waals surface area contributed by atoms with Crippen LogP contribution in [0.15, 0.2) is 24.5 Å². The molecule has 0 aliphatic rings. The van der Waals surface area contributed by atoms with Crippen molar-refractivity contribution in [2.75, 3.05) is 7.05 Å². The van der Waals surface area contributed by atoms with E-state index < -0.39 is 17.8 Å². The van der Waals surface area contributed by atoms with E-state index in [1.807, 2.05) is 0 Å². The predicted octanol–water partition coefficient (Wildman–Crippen LogP) is 2.80. The fraction of sp³-hybridized carbons (Fsp3) is 0.333. The fourth-order valence-corrected chi connectivity index (χ4v) is 2.19. The van der Waals surface area contributed by atoms with E-state index in [0.29, 0.717) is 16.4 Å². The van der Waals surface area contributed by atoms with Crippen molar-refractivity contribution in [3.05, 3.63) is 46.5 Å². The van der Waals surface area contributed by atoms with Gasteiger partial charge in [0.25, 0.3) is 0 Å². The molecule has 0 aromatic carbocycles. The van der Waals surface area contributed by atoms with E-state index in [0.717, 1.165) is 12.3 Å². The van der Waals surface area contributed by atoms with Gasteiger partial charge in [-0.25, -0.2) is 0 Å². The smallest absolute Gasteiger partial charge is 0.307 e. The first-order valence-corrected chi connectivity index (χ1v) is 6.10. The van der Waals surface area contributed by atoms with Gasteiger partial charge in [-0.15, -0.1) is 0 Å². The van der Waals surface area contributed by atoms with Gasteiger partial charge in [0.15, 0.2) is 0 Å². The van der Waals surface area contributed by atoms with Gasteiger partial charge in [0, 0.05) is 13.2 Å². The summed E-state index contributed by atoms with van der Waals surface area (Å²) in [5.74, 6) is 0. The Kier molecular flexibility index (Phi) is 4.01. The zero-order valence-electron chi connectivity index (χ0n) is 10.7. The number of nitrogens with zero attached hydrogens (tertiary/aromatic N) is 3. The molecule has 2 aromatic rings. The Morgan fingerprint density at radius 3 is 2.40 bits per heavy atom. The summed E-state index contributed by atoms with van der Waals surface area (Å²) < 4.78 is 39.1. The minimum Gasteiger partial charge on any atom is -0.307 e. The number of pyridine rings is 1. The molecule has 1 atom stereocenters. The average Bonchev–Trinajstić information content (AvgIpc) is 2.71. The maximum Gasteiger partial charge on any atom is 0.417 e. The van der Waals surface area contributed by atoms with E-state index in [4.69, 9.17) is 11.6 Å². The lowest BCUT2D eigenvalue weighted by Crippen LogP contribution is -2.22. The topological polar surface area (TPSA) is 42.7 Å². The summed E-state index contributed by atoms with van der Waals surface area (Å²) >= 11 is 6.04. The molecule has 0 aliphatic heterocycles. The Hall–Kier alpha value is -1.60. The molecule has 0 radical (unpaired) electrons. The zero-order valence-corrected chi connectivity index (χ0v) is 11.5. The van der Waals surface area contributed by atoms with Crippen molar-refractivity contribution in [2.24, 2.45) is 7.05 Å². The van der Waals surface area contributed by atoms with Crippen LogP contribution in [0, 0.1) is 0 Å². The molecule has 0 bridgehead atoms. The van der Waals surface area contributed by atoms with Crippen LogP contribution in [0.2, 0.25) is 5.02 Å². The van der Waals surface area contributed by atoms with Gasteiger partial charge < -0.3 is 5.32 Å². The van der Waals surface area contributed by atoms with Crippen LogP contribution in [-0.4, -0.2) is 21.8 Å². The summed E-state index contributed by atoms with van der Waals surface area (Å²) in [5, 5.41) is 7.40. The molecule has 1 unspecified atom stereocenters. The first-order valence-electron chi connectivity index (χ1n) is 5.72. The Morgan fingerprint density at radius 2 is 2.00 bits per heavy atom. The number of nitrogens with one attached hydrogen (secondary N) is 1. The average molecular weight is 305 g/mol. The molecule has 2 heterocycles. The molecular formula is C12H12ClF3N4. The monoisotopic (exact) mass is 304 g/mol. The van der Waals surface area contributed by atoms with Gasteiger partial charge in [-0.3, -0.25) is 9.67 Å². The number of halogens is 4. The lowest BCUT2D eigenvalue weighted by molar-refractivity contribution is -0.137. The molecule has 0 saturated heterocycles. The van der Waals surface area contributed by atoms with Crippen molar-refractivity contribution in [3.8, 4) is 0 Å². The van der Waals surface area contributed by atoms with Gasteiger partial charge in [-0.2, -0.15) is 18.3 Å². The second-order valence-corrected chi connectivity index (χ2v) is 4.60. The van der Waals surface area contributed by atoms with Crippen LogP contribution in [0.1, 0.15) is 23.0 Å². The van der Waals surface area contributed by atoms with E-state index in [1.165, 1.54) is 12.3 Å². The SMILES string of the molecule is CNC(c1ccc(C(F)(F)F)cn1)c1c(Cl)cnn1C. The third-order valence-corrected chi connectivity index (χ3v) is 3.20. The Labute approximate surface area is 118 Å². The van der Waals surface area contributed by atoms with Crippen molar-refractivity contribution in [2.45, 2.75) is 12.2 Å². The number of hydrogen-bond donors (Lipinski definition) is 1. The fourth-order valence-electron chi connectivity index (χ4n) is 1.91. The van der Waals surface area contributed by atoms with Crippen LogP contribution in [0.25, 0.3) is 0 Å². The highest BCUT2D eigenvalue weighted by Crippen LogP contribution is 2.31. The highest BCUT2D eigenvalue weighted by atomic mass is 35.5. The highest BCUT2D eigenvalue weighted by Gasteiger charge is 2.31. The normalized spacial score (nSPS) is 13.5. The van der Waals surface area contributed by atoms with Crippen molar-refractivity contribution >= 4 is 11.6 Å². The Balaban J connectivity index is 2.38. The molecule has 0 spiro atoms. The Morgan fingerprint density at radius 1 is 1.30 bits per heavy atom. The third kappa shape index (κ3) is 2.78. The molecule has 108 valence electrons. The van der Waals surface area contributed by atoms with Gasteiger partial charge >= 0.3 is 6.18 Å². The van der Waals surface area contributed by atoms with Gasteiger partial charge in [-0.05, 0) is 19.2 Å². The van der Waals surface area contributed by atoms with Crippen molar-refractivity contribution in [1.29, 1.82) is 0 Å². The number of hydrogen-bond acceptors (Lipinski definition) is 3. The van der Waals surface area contributed by atoms with Gasteiger partial charge in [0.05, 0.1) is 34.2 Å². The summed E-state index contributed by atoms with van der Waals surface area (Å²) in [6.45, 7) is 0. The van der Waals surface area contributed by atoms with Gasteiger partial charge in [0.1, 0.15) is 0 Å². The van der Waals surface area contributed by atoms with E-state index in [2.05, 4.69) is 15.4 Å². The quantitative estimate of drug-likeness (QED) is 0.948. The van der Waals surface area contributed by atoms with Crippen molar-refractivity contribution in [3.63, 3.8) is 0 Å². The second-order valence-electron chi connectivity index (χ2n) is 4.19. The van der Waals surface area contributed by atoms with Crippen LogP contribution in [0.4, 0.5) is 13.2 Å². The summed E-state index contributed by atoms with van der Waals surface area (Å²) in [4.78, 5) is 3.87. The molecule has 20 heavy (non-hydrogen) atoms. The van der Waals surface area contributed by atoms with Crippen LogP contribution in [0.3, 0.4) is 0 Å². The second kappa shape index (κ2) is 5.41. The lowest BCUT2D eigenvalue weighted by atomic mass is 10.1. The molecule has 0 amide bonds. The maximum absolute atomic E-state index is 12.5. The largest absolute Gasteiger partial charge is 0.417 e. The third-order valence-electron chi connectivity index (χ3n) is 2.91. The molecular weight excluding hydrogens is 293 g/mol. The molecule has 1 N–H and O–H groups in total. The number of aromatic nitrogens is 3. The molecule has 0 saturated carbocycles. The highest BCUT2D eigenvalue weighted by molar-refractivity contribution is 6.31. The first-order chi connectivity index (χ1) is 9.34. The van der Waals surface area contributed by atoms with Crippen LogP contribution in [-0.2, 0) is 13.2 Å². The predicted molar refractivity (Wildman–Crippen MR) is 68.4 cm³/mol. The minimum absolute atomic E-state index is 0.425. The molecule has 4 nitrogen and oxygen atoms in total. The van der Waals surface area contributed by atoms with Crippen molar-refractivity contribution < 1.29 is 13.2 Å². The van der Waals surface area contributed by atoms with E-state index in [9.17, 15) is 13.2 Å². The molecule has 8 heteroatoms. The van der Waals surface area contributed by atoms with Gasteiger partial charge in [0.2, 0.25) is 0 Å². The summed E-state index contributed by atoms with van der Waals surface area (Å²) in [6, 6.07) is 1.89. The molecule has 2 aromatic heterocycles. The summed E-state index contributed by atoms with van der Waals surface area (Å²) in [6.07, 6.45) is -2.11. The van der Waals surface area contributed by atoms with Crippen molar-refractivity contribution in [1.82, 2.24) is 20.1 Å². The van der Waals surface area contributed by atoms with E-state index in [1.54, 1.807) is 18.8 Å². The molecule has 0 aliphatic carbocycles. The zero-order chi connectivity index (χ0) is 14.9. The minimum atomic E-state index is -4.40. The maximum atomic E-state index is 12.5. The van der Waals surface area contributed by atoms with E-state index in [-0.39, 0.29) is 0 Å². The summed E-state index contributed by atoms with van der Waals surface area (Å²) in [5.41, 5.74) is 0.291. The number of alkyl halides is 3. The first kappa shape index (κ1) is 14.8. The standard InChI is InChI=1S/C12H12ClF3N4/c1-17-10(11-8(13)6-19-20(11)2)9-4-3-7(5-18-9)12(14,15)16/h3-6,10,17H,1-2H3. The lowest BCUT2D eigenvalue weighted by Gasteiger charge is -2.17. The summed E-state index contributed by atoms with van der Waals surface area (Å²) in [7, 11) is 3.38. The molecule has 2 rings (SSSR count). The molecule has 0 fully saturated rings. The van der Waals surface area contributed by atoms with Crippen LogP contribution < -0.4 is 5.32 Å². The van der Waals surface area contributed by atoms with Crippen LogP contribution >= 0.6 is 11.6 Å². The van der Waals surface area contributed by atoms with Gasteiger partial charge in [-0.1, -0.05) is 11.6 Å².